The fourth-order valence-corrected chi connectivity index (χ4v) is 5.75. The van der Waals surface area contributed by atoms with Gasteiger partial charge in [0.1, 0.15) is 0 Å². The molecule has 0 saturated carbocycles. The summed E-state index contributed by atoms with van der Waals surface area (Å²) >= 11 is 0. The molecule has 22 heavy (non-hydrogen) atoms. The van der Waals surface area contributed by atoms with Gasteiger partial charge < -0.3 is 0 Å². The molecule has 0 bridgehead atoms. The Balaban J connectivity index is 5.49. The Morgan fingerprint density at radius 2 is 0.500 bits per heavy atom. The van der Waals surface area contributed by atoms with Crippen LogP contribution < -0.4 is 0 Å². The molecule has 0 aliphatic carbocycles. The highest BCUT2D eigenvalue weighted by Crippen LogP contribution is 2.04. The van der Waals surface area contributed by atoms with E-state index in [2.05, 4.69) is 92.8 Å². The van der Waals surface area contributed by atoms with Crippen LogP contribution in [0.5, 0.6) is 0 Å². The maximum absolute atomic E-state index is 2.55. The third kappa shape index (κ3) is 6.38. The van der Waals surface area contributed by atoms with Crippen molar-refractivity contribution in [1.82, 2.24) is 0 Å². The smallest absolute Gasteiger partial charge is 0.00249 e. The molecule has 0 aliphatic heterocycles. The fraction of sp³-hybridized carbons (Fsp3) is 0. The van der Waals surface area contributed by atoms with E-state index in [0.29, 0.717) is 0 Å². The first kappa shape index (κ1) is 23.4. The zero-order valence-electron chi connectivity index (χ0n) is 17.8. The Hall–Kier alpha value is 1.43. The van der Waals surface area contributed by atoms with Gasteiger partial charge in [0.15, 0.2) is 0 Å². The van der Waals surface area contributed by atoms with Crippen LogP contribution in [0.2, 0.25) is 0 Å². The van der Waals surface area contributed by atoms with Gasteiger partial charge in [0.2, 0.25) is 0 Å². The summed E-state index contributed by atoms with van der Waals surface area (Å²) in [5.41, 5.74) is 0. The summed E-state index contributed by atoms with van der Waals surface area (Å²) in [6, 6.07) is 0. The van der Waals surface area contributed by atoms with E-state index in [0.717, 1.165) is 63.9 Å². The SMILES string of the molecule is BB(B)B(B(B)B)B(B)B(B)B(B(B)B)B(B(B)B)B(B)B. The first-order valence-electron chi connectivity index (χ1n) is 9.93. The Morgan fingerprint density at radius 1 is 0.273 bits per heavy atom. The summed E-state index contributed by atoms with van der Waals surface area (Å²) in [6.45, 7) is 0. The summed E-state index contributed by atoms with van der Waals surface area (Å²) in [5.74, 6) is 0. The molecule has 0 aromatic rings. The molecule has 0 unspecified atom stereocenters. The van der Waals surface area contributed by atoms with Crippen molar-refractivity contribution in [2.75, 3.05) is 0 Å². The predicted octanol–water partition coefficient (Wildman–Crippen LogP) is -14.8. The summed E-state index contributed by atoms with van der Waals surface area (Å²) < 4.78 is 0. The highest BCUT2D eigenvalue weighted by Gasteiger charge is 2.44. The molecule has 0 atom stereocenters. The van der Waals surface area contributed by atoms with Crippen LogP contribution in [0.1, 0.15) is 0 Å². The highest BCUT2D eigenvalue weighted by molar-refractivity contribution is 8.18. The average molecular weight is 262 g/mol. The van der Waals surface area contributed by atoms with E-state index in [9.17, 15) is 0 Å². The van der Waals surface area contributed by atoms with Crippen LogP contribution in [0.4, 0.5) is 0 Å². The largest absolute Gasteiger partial charge is 0.0552 e. The minimum atomic E-state index is 0.771. The molecule has 0 rings (SSSR count). The van der Waals surface area contributed by atoms with Gasteiger partial charge >= 0.3 is 0 Å². The Labute approximate surface area is 156 Å². The van der Waals surface area contributed by atoms with E-state index in [-0.39, 0.29) is 0 Å². The molecule has 0 fully saturated rings. The van der Waals surface area contributed by atoms with Gasteiger partial charge in [0, 0.05) is 63.9 Å². The minimum absolute atomic E-state index is 0.771. The van der Waals surface area contributed by atoms with Gasteiger partial charge in [0.05, 0.1) is 92.8 Å². The summed E-state index contributed by atoms with van der Waals surface area (Å²) in [4.78, 5) is 0. The van der Waals surface area contributed by atoms with E-state index in [1.54, 1.807) is 0 Å². The van der Waals surface area contributed by atoms with Crippen molar-refractivity contribution in [3.05, 3.63) is 0 Å². The molecular formula is H24B22. The third-order valence-electron chi connectivity index (χ3n) is 6.34. The number of hydrogen-bond acceptors (Lipinski definition) is 0. The zero-order chi connectivity index (χ0) is 17.8. The first-order chi connectivity index (χ1) is 9.93. The Kier molecular flexibility index (Phi) is 11.1. The fourth-order valence-electron chi connectivity index (χ4n) is 5.75. The Morgan fingerprint density at radius 3 is 0.727 bits per heavy atom. The van der Waals surface area contributed by atoms with Crippen LogP contribution in [0.25, 0.3) is 0 Å². The molecule has 0 radical (unpaired) electrons. The molecule has 0 aromatic carbocycles. The standard InChI is InChI=1S/B22H24/c1-13(2)20(14(3)4)18(11)19(12)22(17(9)10)21(15(5)6)16(7)8/h1-12H2. The zero-order valence-corrected chi connectivity index (χ0v) is 17.8. The summed E-state index contributed by atoms with van der Waals surface area (Å²) in [5, 5.41) is 0. The maximum Gasteiger partial charge on any atom is 0.0552 e. The average Bonchev–Trinajstić information content (AvgIpc) is 2.32. The Bertz CT molecular complexity index is 268. The number of rotatable bonds is 9. The molecule has 0 aliphatic rings. The van der Waals surface area contributed by atoms with Gasteiger partial charge in [-0.3, -0.25) is 0 Å². The normalized spacial score (nSPS) is 9.27. The van der Waals surface area contributed by atoms with Gasteiger partial charge in [-0.05, 0) is 0 Å². The molecule has 0 aromatic heterocycles. The van der Waals surface area contributed by atoms with Crippen molar-refractivity contribution < 1.29 is 0 Å². The van der Waals surface area contributed by atoms with Gasteiger partial charge in [0.25, 0.3) is 0 Å². The molecule has 0 amide bonds. The molecule has 0 spiro atoms. The van der Waals surface area contributed by atoms with E-state index >= 15 is 0 Å². The van der Waals surface area contributed by atoms with Gasteiger partial charge in [-0.2, -0.15) is 0 Å². The van der Waals surface area contributed by atoms with Crippen LogP contribution in [0, 0.1) is 0 Å². The van der Waals surface area contributed by atoms with Crippen molar-refractivity contribution in [1.29, 1.82) is 0 Å². The van der Waals surface area contributed by atoms with Crippen molar-refractivity contribution >= 4 is 157 Å². The molecule has 22 heteroatoms. The van der Waals surface area contributed by atoms with Crippen molar-refractivity contribution in [2.24, 2.45) is 0 Å². The monoisotopic (exact) mass is 266 g/mol. The molecule has 0 N–H and O–H groups in total. The molecular weight excluding hydrogens is 238 g/mol. The topological polar surface area (TPSA) is 0 Å². The third-order valence-corrected chi connectivity index (χ3v) is 6.34. The van der Waals surface area contributed by atoms with Gasteiger partial charge in [-0.15, -0.1) is 0 Å². The van der Waals surface area contributed by atoms with Crippen molar-refractivity contribution in [2.45, 2.75) is 0 Å². The van der Waals surface area contributed by atoms with Crippen molar-refractivity contribution in [3.63, 3.8) is 0 Å². The van der Waals surface area contributed by atoms with E-state index < -0.39 is 0 Å². The molecule has 0 nitrogen and oxygen atoms in total. The predicted molar refractivity (Wildman–Crippen MR) is 160 cm³/mol. The van der Waals surface area contributed by atoms with E-state index in [1.807, 2.05) is 0 Å². The van der Waals surface area contributed by atoms with E-state index in [1.165, 1.54) is 0 Å². The molecule has 0 heterocycles. The van der Waals surface area contributed by atoms with Crippen LogP contribution in [0.3, 0.4) is 0 Å². The summed E-state index contributed by atoms with van der Waals surface area (Å²) in [6.07, 6.45) is 7.97. The van der Waals surface area contributed by atoms with Gasteiger partial charge in [-0.1, -0.05) is 0 Å². The second-order valence-corrected chi connectivity index (χ2v) is 9.67. The van der Waals surface area contributed by atoms with E-state index in [4.69, 9.17) is 0 Å². The van der Waals surface area contributed by atoms with Crippen molar-refractivity contribution in [3.8, 4) is 0 Å². The van der Waals surface area contributed by atoms with Crippen LogP contribution in [0.15, 0.2) is 0 Å². The maximum atomic E-state index is 2.55. The lowest BCUT2D eigenvalue weighted by Gasteiger charge is -2.39. The van der Waals surface area contributed by atoms with Gasteiger partial charge in [-0.25, -0.2) is 0 Å². The lowest BCUT2D eigenvalue weighted by Crippen LogP contribution is -2.79. The summed E-state index contributed by atoms with van der Waals surface area (Å²) in [7, 11) is 29.4. The van der Waals surface area contributed by atoms with Crippen LogP contribution in [-0.4, -0.2) is 157 Å². The number of hydrogen-bond donors (Lipinski definition) is 0. The molecule has 90 valence electrons. The lowest BCUT2D eigenvalue weighted by atomic mass is 8.40. The quantitative estimate of drug-likeness (QED) is 0.362. The molecule has 0 saturated heterocycles. The second kappa shape index (κ2) is 10.4. The second-order valence-electron chi connectivity index (χ2n) is 9.67. The van der Waals surface area contributed by atoms with Crippen LogP contribution in [-0.2, 0) is 0 Å². The first-order valence-corrected chi connectivity index (χ1v) is 9.93. The van der Waals surface area contributed by atoms with Crippen LogP contribution >= 0.6 is 0 Å². The lowest BCUT2D eigenvalue weighted by molar-refractivity contribution is 3.34. The highest BCUT2D eigenvalue weighted by atomic mass is 13.2. The minimum Gasteiger partial charge on any atom is 0.00249 e.